The van der Waals surface area contributed by atoms with Crippen molar-refractivity contribution in [2.45, 2.75) is 173 Å². The summed E-state index contributed by atoms with van der Waals surface area (Å²) in [6.45, 7) is 6.74. The molecule has 0 aliphatic rings. The van der Waals surface area contributed by atoms with Crippen LogP contribution in [0.25, 0.3) is 0 Å². The minimum Gasteiger partial charge on any atom is -0.511 e. The van der Waals surface area contributed by atoms with Crippen LogP contribution in [0.5, 0.6) is 0 Å². The van der Waals surface area contributed by atoms with Crippen LogP contribution in [0.15, 0.2) is 12.3 Å². The van der Waals surface area contributed by atoms with E-state index in [9.17, 15) is 39.0 Å². The van der Waals surface area contributed by atoms with E-state index in [1.54, 1.807) is 0 Å². The first kappa shape index (κ1) is 61.6. The van der Waals surface area contributed by atoms with Crippen molar-refractivity contribution >= 4 is 45.0 Å². The number of aliphatic hydroxyl groups is 1. The fourth-order valence-electron chi connectivity index (χ4n) is 6.66. The smallest absolute Gasteiger partial charge is 0.326 e. The molecule has 4 amide bonds. The van der Waals surface area contributed by atoms with Gasteiger partial charge in [-0.2, -0.15) is 0 Å². The summed E-state index contributed by atoms with van der Waals surface area (Å²) in [5, 5.41) is 41.3. The molecule has 1 unspecified atom stereocenters. The summed E-state index contributed by atoms with van der Waals surface area (Å²) in [5.74, 6) is -2.99. The third kappa shape index (κ3) is 44.2. The molecule has 0 aliphatic carbocycles. The summed E-state index contributed by atoms with van der Waals surface area (Å²) in [5.41, 5.74) is 0. The van der Waals surface area contributed by atoms with Crippen LogP contribution in [0.4, 0.5) is 0 Å². The van der Waals surface area contributed by atoms with Gasteiger partial charge < -0.3 is 55.5 Å². The normalized spacial score (nSPS) is 12.0. The van der Waals surface area contributed by atoms with Crippen LogP contribution in [0.2, 0.25) is 0 Å². The van der Waals surface area contributed by atoms with Crippen LogP contribution < -0.4 is 26.4 Å². The van der Waals surface area contributed by atoms with Crippen LogP contribution in [0.3, 0.4) is 0 Å². The lowest BCUT2D eigenvalue weighted by atomic mass is 10.0. The predicted octanol–water partition coefficient (Wildman–Crippen LogP) is 5.63. The van der Waals surface area contributed by atoms with Gasteiger partial charge in [-0.1, -0.05) is 106 Å². The monoisotopic (exact) mass is 948 g/mol. The van der Waals surface area contributed by atoms with Crippen LogP contribution in [-0.2, 0) is 47.7 Å². The van der Waals surface area contributed by atoms with E-state index in [-0.39, 0.29) is 74.3 Å². The number of rotatable bonds is 49. The van der Waals surface area contributed by atoms with Gasteiger partial charge in [-0.05, 0) is 51.4 Å². The highest BCUT2D eigenvalue weighted by molar-refractivity contribution is 7.13. The number of aliphatic carboxylic acids is 2. The van der Waals surface area contributed by atoms with Gasteiger partial charge in [0.15, 0.2) is 0 Å². The molecule has 0 bridgehead atoms. The number of carboxylic acids is 2. The highest BCUT2D eigenvalue weighted by Gasteiger charge is 2.21. The zero-order valence-corrected chi connectivity index (χ0v) is 40.5. The molecule has 0 aromatic rings. The average molecular weight is 948 g/mol. The number of unbranched alkanes of at least 4 members (excludes halogenated alkanes) is 16. The molecule has 18 nitrogen and oxygen atoms in total. The zero-order valence-electron chi connectivity index (χ0n) is 39.3. The summed E-state index contributed by atoms with van der Waals surface area (Å²) in [7, 11) is 2.35. The Labute approximate surface area is 390 Å². The van der Waals surface area contributed by atoms with Gasteiger partial charge in [0.2, 0.25) is 23.6 Å². The van der Waals surface area contributed by atoms with Crippen molar-refractivity contribution in [1.82, 2.24) is 26.4 Å². The van der Waals surface area contributed by atoms with Crippen molar-refractivity contribution in [3.05, 3.63) is 12.3 Å². The Morgan fingerprint density at radius 1 is 0.431 bits per heavy atom. The Balaban J connectivity index is 3.60. The van der Waals surface area contributed by atoms with E-state index in [0.29, 0.717) is 85.0 Å². The number of amides is 4. The third-order valence-corrected chi connectivity index (χ3v) is 10.9. The molecule has 0 aliphatic heterocycles. The second-order valence-electron chi connectivity index (χ2n) is 16.3. The van der Waals surface area contributed by atoms with Crippen LogP contribution in [-0.4, -0.2) is 135 Å². The molecule has 3 atom stereocenters. The average Bonchev–Trinajstić information content (AvgIpc) is 3.26. The molecule has 0 radical (unpaired) electrons. The predicted molar refractivity (Wildman–Crippen MR) is 253 cm³/mol. The Kier molecular flexibility index (Phi) is 43.3. The molecule has 0 aromatic heterocycles. The van der Waals surface area contributed by atoms with Gasteiger partial charge in [-0.25, -0.2) is 4.79 Å². The molecule has 0 fully saturated rings. The minimum atomic E-state index is -1.16. The molecular weight excluding hydrogens is 862 g/mol. The number of hydrogen-bond donors (Lipinski definition) is 8. The standard InChI is InChI=1S/C46H86N5O13P/c1-38(52)39(51-65)22-18-19-27-48-43(55)36-64-37-44(56)49-29-21-31-62-33-35-63-34-32-61-30-20-28-47-41(53)26-25-40(46(59)60)50-42(54)23-16-14-12-10-8-6-4-2-3-5-7-9-11-13-15-17-24-45(57)58/h39-40,51-52H,1-37,65H2,(H,47,53)(H,48,55)(H,49,56)(H,50,54)(H,57,58)(H,59,60)/t39-,40-/m0/s1. The molecule has 0 heterocycles. The van der Waals surface area contributed by atoms with E-state index in [1.165, 1.54) is 57.8 Å². The SMILES string of the molecule is C=C(O)[C@H](CCCCNC(=O)COCC(=O)NCCCOCCOCCOCCCNC(=O)CC[C@H](NC(=O)CCCCCCCCCCCCCCCCCCC(=O)O)C(=O)O)NP. The van der Waals surface area contributed by atoms with Gasteiger partial charge in [0.1, 0.15) is 25.0 Å². The number of ether oxygens (including phenoxy) is 4. The van der Waals surface area contributed by atoms with E-state index in [0.717, 1.165) is 51.4 Å². The zero-order chi connectivity index (χ0) is 48.0. The summed E-state index contributed by atoms with van der Waals surface area (Å²) in [6, 6.07) is -1.31. The topological polar surface area (TPSA) is 260 Å². The van der Waals surface area contributed by atoms with Crippen LogP contribution >= 0.6 is 9.39 Å². The van der Waals surface area contributed by atoms with Crippen LogP contribution in [0.1, 0.15) is 161 Å². The lowest BCUT2D eigenvalue weighted by Gasteiger charge is -2.14. The van der Waals surface area contributed by atoms with Gasteiger partial charge in [-0.15, -0.1) is 0 Å². The Morgan fingerprint density at radius 3 is 1.28 bits per heavy atom. The maximum Gasteiger partial charge on any atom is 0.326 e. The van der Waals surface area contributed by atoms with E-state index in [4.69, 9.17) is 24.1 Å². The number of carboxylic acid groups (broad SMARTS) is 2. The second-order valence-corrected chi connectivity index (χ2v) is 16.7. The van der Waals surface area contributed by atoms with Crippen molar-refractivity contribution in [2.75, 3.05) is 72.5 Å². The van der Waals surface area contributed by atoms with Crippen molar-refractivity contribution in [1.29, 1.82) is 0 Å². The number of carbonyl (C=O) groups is 6. The van der Waals surface area contributed by atoms with Gasteiger partial charge in [-0.3, -0.25) is 29.1 Å². The number of carbonyl (C=O) groups excluding carboxylic acids is 4. The molecule has 65 heavy (non-hydrogen) atoms. The summed E-state index contributed by atoms with van der Waals surface area (Å²) in [4.78, 5) is 70.6. The molecular formula is C46H86N5O13P. The molecule has 19 heteroatoms. The summed E-state index contributed by atoms with van der Waals surface area (Å²) < 4.78 is 21.7. The number of hydrogen-bond acceptors (Lipinski definition) is 12. The Hall–Kier alpha value is -3.41. The quantitative estimate of drug-likeness (QED) is 0.0209. The molecule has 0 spiro atoms. The third-order valence-electron chi connectivity index (χ3n) is 10.5. The summed E-state index contributed by atoms with van der Waals surface area (Å²) >= 11 is 0. The second kappa shape index (κ2) is 45.7. The van der Waals surface area contributed by atoms with Crippen molar-refractivity contribution in [2.24, 2.45) is 0 Å². The fraction of sp³-hybridized carbons (Fsp3) is 0.826. The minimum absolute atomic E-state index is 0.0123. The van der Waals surface area contributed by atoms with Gasteiger partial charge in [0.25, 0.3) is 0 Å². The molecule has 0 rings (SSSR count). The fourth-order valence-corrected chi connectivity index (χ4v) is 7.02. The molecule has 0 aromatic carbocycles. The number of aliphatic hydroxyl groups excluding tert-OH is 1. The maximum absolute atomic E-state index is 12.4. The van der Waals surface area contributed by atoms with Crippen LogP contribution in [0, 0.1) is 0 Å². The maximum atomic E-state index is 12.4. The molecule has 8 N–H and O–H groups in total. The highest BCUT2D eigenvalue weighted by Crippen LogP contribution is 2.15. The highest BCUT2D eigenvalue weighted by atomic mass is 31.0. The molecule has 0 saturated carbocycles. The first-order chi connectivity index (χ1) is 31.5. The molecule has 378 valence electrons. The number of nitrogens with one attached hydrogen (secondary N) is 5. The molecule has 0 saturated heterocycles. The van der Waals surface area contributed by atoms with E-state index in [1.807, 2.05) is 0 Å². The van der Waals surface area contributed by atoms with Gasteiger partial charge in [0.05, 0.1) is 32.5 Å². The van der Waals surface area contributed by atoms with E-state index in [2.05, 4.69) is 42.3 Å². The first-order valence-corrected chi connectivity index (χ1v) is 24.7. The van der Waals surface area contributed by atoms with Gasteiger partial charge in [0, 0.05) is 52.1 Å². The van der Waals surface area contributed by atoms with E-state index < -0.39 is 18.0 Å². The Bertz CT molecular complexity index is 1270. The first-order valence-electron chi connectivity index (χ1n) is 24.1. The van der Waals surface area contributed by atoms with Crippen molar-refractivity contribution < 1.29 is 63.0 Å². The largest absolute Gasteiger partial charge is 0.511 e. The summed E-state index contributed by atoms with van der Waals surface area (Å²) in [6.07, 6.45) is 21.9. The van der Waals surface area contributed by atoms with Gasteiger partial charge >= 0.3 is 11.9 Å². The van der Waals surface area contributed by atoms with E-state index >= 15 is 0 Å². The lowest BCUT2D eigenvalue weighted by Crippen LogP contribution is -2.41. The van der Waals surface area contributed by atoms with Crippen molar-refractivity contribution in [3.63, 3.8) is 0 Å². The Morgan fingerprint density at radius 2 is 0.846 bits per heavy atom. The van der Waals surface area contributed by atoms with Crippen molar-refractivity contribution in [3.8, 4) is 0 Å². The lowest BCUT2D eigenvalue weighted by molar-refractivity contribution is -0.142.